The van der Waals surface area contributed by atoms with Crippen molar-refractivity contribution in [3.63, 3.8) is 0 Å². The number of hydrogen-bond acceptors (Lipinski definition) is 1. The lowest BCUT2D eigenvalue weighted by molar-refractivity contribution is -0.128. The van der Waals surface area contributed by atoms with Crippen LogP contribution in [0.5, 0.6) is 0 Å². The maximum atomic E-state index is 12.1. The molecule has 0 radical (unpaired) electrons. The third-order valence-corrected chi connectivity index (χ3v) is 4.24. The molecule has 1 unspecified atom stereocenters. The topological polar surface area (TPSA) is 29.1 Å². The number of nitrogens with one attached hydrogen (secondary N) is 1. The lowest BCUT2D eigenvalue weighted by Crippen LogP contribution is -2.56. The van der Waals surface area contributed by atoms with Crippen molar-refractivity contribution in [2.24, 2.45) is 5.92 Å². The quantitative estimate of drug-likeness (QED) is 0.684. The van der Waals surface area contributed by atoms with E-state index < -0.39 is 0 Å². The normalized spacial score (nSPS) is 19.9. The lowest BCUT2D eigenvalue weighted by Gasteiger charge is -2.41. The second-order valence-corrected chi connectivity index (χ2v) is 5.27. The largest absolute Gasteiger partial charge is 0.349 e. The van der Waals surface area contributed by atoms with Crippen LogP contribution in [0.25, 0.3) is 0 Å². The van der Waals surface area contributed by atoms with Crippen LogP contribution in [0.4, 0.5) is 0 Å². The molecule has 1 rings (SSSR count). The van der Waals surface area contributed by atoms with Gasteiger partial charge in [0, 0.05) is 11.8 Å². The van der Waals surface area contributed by atoms with Crippen LogP contribution < -0.4 is 5.32 Å². The van der Waals surface area contributed by atoms with Crippen molar-refractivity contribution in [1.82, 2.24) is 5.32 Å². The summed E-state index contributed by atoms with van der Waals surface area (Å²) in [6, 6.07) is 0. The van der Waals surface area contributed by atoms with Crippen molar-refractivity contribution in [2.75, 3.05) is 5.88 Å². The standard InChI is InChI=1S/C13H24ClNO/c1-3-5-7-11(4-2)12(16)15-13(10-14)8-6-9-13/h11H,3-10H2,1-2H3,(H,15,16). The summed E-state index contributed by atoms with van der Waals surface area (Å²) in [6.07, 6.45) is 7.53. The summed E-state index contributed by atoms with van der Waals surface area (Å²) in [5.74, 6) is 0.958. The van der Waals surface area contributed by atoms with Crippen molar-refractivity contribution in [3.05, 3.63) is 0 Å². The molecule has 0 aromatic rings. The molecular weight excluding hydrogens is 222 g/mol. The Hall–Kier alpha value is -0.240. The van der Waals surface area contributed by atoms with E-state index in [-0.39, 0.29) is 17.4 Å². The highest BCUT2D eigenvalue weighted by Gasteiger charge is 2.38. The van der Waals surface area contributed by atoms with Gasteiger partial charge >= 0.3 is 0 Å². The van der Waals surface area contributed by atoms with Crippen LogP contribution in [-0.4, -0.2) is 17.3 Å². The predicted molar refractivity (Wildman–Crippen MR) is 68.8 cm³/mol. The Labute approximate surface area is 104 Å². The van der Waals surface area contributed by atoms with Crippen LogP contribution in [0.3, 0.4) is 0 Å². The predicted octanol–water partition coefficient (Wildman–Crippen LogP) is 3.48. The van der Waals surface area contributed by atoms with E-state index in [4.69, 9.17) is 11.6 Å². The summed E-state index contributed by atoms with van der Waals surface area (Å²) in [4.78, 5) is 12.1. The number of carbonyl (C=O) groups excluding carboxylic acids is 1. The Kier molecular flexibility index (Phi) is 5.60. The van der Waals surface area contributed by atoms with Crippen molar-refractivity contribution >= 4 is 17.5 Å². The van der Waals surface area contributed by atoms with Crippen LogP contribution in [-0.2, 0) is 4.79 Å². The molecule has 0 heterocycles. The summed E-state index contributed by atoms with van der Waals surface area (Å²) in [5, 5.41) is 3.17. The number of amides is 1. The van der Waals surface area contributed by atoms with E-state index in [1.807, 2.05) is 0 Å². The van der Waals surface area contributed by atoms with E-state index in [9.17, 15) is 4.79 Å². The first-order valence-electron chi connectivity index (χ1n) is 6.55. The number of halogens is 1. The highest BCUT2D eigenvalue weighted by molar-refractivity contribution is 6.18. The molecular formula is C13H24ClNO. The van der Waals surface area contributed by atoms with E-state index in [1.165, 1.54) is 6.42 Å². The molecule has 1 amide bonds. The molecule has 16 heavy (non-hydrogen) atoms. The Bertz CT molecular complexity index is 220. The molecule has 0 saturated heterocycles. The fraction of sp³-hybridized carbons (Fsp3) is 0.923. The van der Waals surface area contributed by atoms with Gasteiger partial charge in [0.25, 0.3) is 0 Å². The fourth-order valence-corrected chi connectivity index (χ4v) is 2.56. The van der Waals surface area contributed by atoms with Crippen LogP contribution in [0.2, 0.25) is 0 Å². The van der Waals surface area contributed by atoms with Gasteiger partial charge in [0.1, 0.15) is 0 Å². The molecule has 0 aliphatic heterocycles. The number of alkyl halides is 1. The average molecular weight is 246 g/mol. The molecule has 1 aliphatic rings. The maximum Gasteiger partial charge on any atom is 0.223 e. The van der Waals surface area contributed by atoms with Gasteiger partial charge in [-0.15, -0.1) is 11.6 Å². The van der Waals surface area contributed by atoms with Gasteiger partial charge in [0.2, 0.25) is 5.91 Å². The van der Waals surface area contributed by atoms with Crippen LogP contribution in [0.15, 0.2) is 0 Å². The maximum absolute atomic E-state index is 12.1. The molecule has 1 saturated carbocycles. The molecule has 94 valence electrons. The third-order valence-electron chi connectivity index (χ3n) is 3.72. The zero-order valence-corrected chi connectivity index (χ0v) is 11.3. The SMILES string of the molecule is CCCCC(CC)C(=O)NC1(CCl)CCC1. The van der Waals surface area contributed by atoms with Crippen molar-refractivity contribution in [3.8, 4) is 0 Å². The van der Waals surface area contributed by atoms with Gasteiger partial charge in [-0.1, -0.05) is 26.7 Å². The molecule has 1 aliphatic carbocycles. The first-order chi connectivity index (χ1) is 7.67. The number of carbonyl (C=O) groups is 1. The number of rotatable bonds is 7. The summed E-state index contributed by atoms with van der Waals surface area (Å²) in [5.41, 5.74) is -0.0712. The molecule has 1 N–H and O–H groups in total. The molecule has 2 nitrogen and oxygen atoms in total. The van der Waals surface area contributed by atoms with E-state index in [0.29, 0.717) is 5.88 Å². The summed E-state index contributed by atoms with van der Waals surface area (Å²) in [6.45, 7) is 4.25. The Morgan fingerprint density at radius 3 is 2.50 bits per heavy atom. The minimum Gasteiger partial charge on any atom is -0.349 e. The smallest absolute Gasteiger partial charge is 0.223 e. The van der Waals surface area contributed by atoms with Crippen molar-refractivity contribution in [2.45, 2.75) is 64.3 Å². The molecule has 0 aromatic heterocycles. The van der Waals surface area contributed by atoms with E-state index in [2.05, 4.69) is 19.2 Å². The highest BCUT2D eigenvalue weighted by atomic mass is 35.5. The molecule has 1 atom stereocenters. The molecule has 0 aromatic carbocycles. The number of unbranched alkanes of at least 4 members (excludes halogenated alkanes) is 1. The molecule has 3 heteroatoms. The van der Waals surface area contributed by atoms with E-state index in [0.717, 1.165) is 38.5 Å². The third kappa shape index (κ3) is 3.38. The number of hydrogen-bond donors (Lipinski definition) is 1. The van der Waals surface area contributed by atoms with Gasteiger partial charge in [0.15, 0.2) is 0 Å². The molecule has 0 spiro atoms. The first-order valence-corrected chi connectivity index (χ1v) is 7.09. The van der Waals surface area contributed by atoms with Crippen LogP contribution >= 0.6 is 11.6 Å². The van der Waals surface area contributed by atoms with Gasteiger partial charge in [-0.3, -0.25) is 4.79 Å². The van der Waals surface area contributed by atoms with Crippen LogP contribution in [0.1, 0.15) is 58.8 Å². The van der Waals surface area contributed by atoms with Crippen molar-refractivity contribution in [1.29, 1.82) is 0 Å². The minimum absolute atomic E-state index is 0.0712. The van der Waals surface area contributed by atoms with E-state index >= 15 is 0 Å². The zero-order valence-electron chi connectivity index (χ0n) is 10.5. The van der Waals surface area contributed by atoms with E-state index in [1.54, 1.807) is 0 Å². The monoisotopic (exact) mass is 245 g/mol. The highest BCUT2D eigenvalue weighted by Crippen LogP contribution is 2.33. The lowest BCUT2D eigenvalue weighted by atomic mass is 9.78. The van der Waals surface area contributed by atoms with Gasteiger partial charge in [-0.25, -0.2) is 0 Å². The van der Waals surface area contributed by atoms with Gasteiger partial charge < -0.3 is 5.32 Å². The Morgan fingerprint density at radius 1 is 1.44 bits per heavy atom. The van der Waals surface area contributed by atoms with Crippen molar-refractivity contribution < 1.29 is 4.79 Å². The molecule has 1 fully saturated rings. The van der Waals surface area contributed by atoms with Crippen LogP contribution in [0, 0.1) is 5.92 Å². The van der Waals surface area contributed by atoms with Gasteiger partial charge in [-0.05, 0) is 32.1 Å². The fourth-order valence-electron chi connectivity index (χ4n) is 2.23. The summed E-state index contributed by atoms with van der Waals surface area (Å²) in [7, 11) is 0. The molecule has 0 bridgehead atoms. The minimum atomic E-state index is -0.0712. The summed E-state index contributed by atoms with van der Waals surface area (Å²) < 4.78 is 0. The Morgan fingerprint density at radius 2 is 2.12 bits per heavy atom. The Balaban J connectivity index is 2.42. The van der Waals surface area contributed by atoms with Gasteiger partial charge in [0.05, 0.1) is 5.54 Å². The second-order valence-electron chi connectivity index (χ2n) is 5.00. The second kappa shape index (κ2) is 6.48. The zero-order chi connectivity index (χ0) is 12.0. The van der Waals surface area contributed by atoms with Gasteiger partial charge in [-0.2, -0.15) is 0 Å². The first kappa shape index (κ1) is 13.8. The summed E-state index contributed by atoms with van der Waals surface area (Å²) >= 11 is 5.94. The average Bonchev–Trinajstić information content (AvgIpc) is 2.24.